The number of hydrogen-bond acceptors (Lipinski definition) is 4. The highest BCUT2D eigenvalue weighted by Crippen LogP contribution is 2.10. The molecule has 1 aromatic carbocycles. The number of amides is 2. The van der Waals surface area contributed by atoms with Gasteiger partial charge in [0, 0.05) is 19.5 Å². The van der Waals surface area contributed by atoms with Crippen molar-refractivity contribution < 1.29 is 19.4 Å². The van der Waals surface area contributed by atoms with E-state index in [9.17, 15) is 14.7 Å². The molecule has 1 unspecified atom stereocenters. The smallest absolute Gasteiger partial charge is 0.407 e. The lowest BCUT2D eigenvalue weighted by atomic mass is 10.2. The zero-order valence-corrected chi connectivity index (χ0v) is 11.8. The Morgan fingerprint density at radius 1 is 1.38 bits per heavy atom. The van der Waals surface area contributed by atoms with E-state index < -0.39 is 12.1 Å². The van der Waals surface area contributed by atoms with Crippen molar-refractivity contribution in [2.45, 2.75) is 25.5 Å². The minimum Gasteiger partial charge on any atom is -0.445 e. The Morgan fingerprint density at radius 2 is 2.14 bits per heavy atom. The fraction of sp³-hybridized carbons (Fsp3) is 0.467. The summed E-state index contributed by atoms with van der Waals surface area (Å²) in [6.07, 6.45) is 0.774. The molecule has 114 valence electrons. The van der Waals surface area contributed by atoms with E-state index in [0.29, 0.717) is 19.5 Å². The molecule has 0 aliphatic carbocycles. The van der Waals surface area contributed by atoms with E-state index in [4.69, 9.17) is 4.74 Å². The molecule has 0 bridgehead atoms. The molecule has 1 saturated heterocycles. The number of alkyl carbamates (subject to hydrolysis) is 1. The average Bonchev–Trinajstić information content (AvgIpc) is 2.90. The topological polar surface area (TPSA) is 78.9 Å². The van der Waals surface area contributed by atoms with Crippen LogP contribution in [0.1, 0.15) is 18.4 Å². The summed E-state index contributed by atoms with van der Waals surface area (Å²) in [6.45, 7) is 0.934. The lowest BCUT2D eigenvalue weighted by molar-refractivity contribution is -0.128. The molecule has 0 spiro atoms. The first-order chi connectivity index (χ1) is 10.2. The zero-order valence-electron chi connectivity index (χ0n) is 11.8. The van der Waals surface area contributed by atoms with Gasteiger partial charge in [-0.2, -0.15) is 0 Å². The predicted octanol–water partition coefficient (Wildman–Crippen LogP) is 0.896. The van der Waals surface area contributed by atoms with Crippen LogP contribution in [-0.4, -0.2) is 47.7 Å². The lowest BCUT2D eigenvalue weighted by Crippen LogP contribution is -2.46. The van der Waals surface area contributed by atoms with E-state index >= 15 is 0 Å². The van der Waals surface area contributed by atoms with Gasteiger partial charge in [0.05, 0.1) is 12.6 Å². The molecule has 21 heavy (non-hydrogen) atoms. The Hall–Kier alpha value is -2.08. The number of hydrogen-bond donors (Lipinski definition) is 2. The molecule has 6 heteroatoms. The Balaban J connectivity index is 1.75. The maximum absolute atomic E-state index is 11.7. The molecule has 2 N–H and O–H groups in total. The van der Waals surface area contributed by atoms with Gasteiger partial charge >= 0.3 is 6.09 Å². The van der Waals surface area contributed by atoms with E-state index in [1.807, 2.05) is 30.3 Å². The molecule has 6 nitrogen and oxygen atoms in total. The quantitative estimate of drug-likeness (QED) is 0.816. The van der Waals surface area contributed by atoms with Crippen LogP contribution in [-0.2, 0) is 16.1 Å². The summed E-state index contributed by atoms with van der Waals surface area (Å²) in [5.41, 5.74) is 0.892. The molecule has 0 saturated carbocycles. The molecule has 1 fully saturated rings. The van der Waals surface area contributed by atoms with Crippen LogP contribution in [0.15, 0.2) is 30.3 Å². The second-order valence-electron chi connectivity index (χ2n) is 5.03. The first-order valence-corrected chi connectivity index (χ1v) is 7.05. The minimum absolute atomic E-state index is 0.0629. The van der Waals surface area contributed by atoms with Crippen LogP contribution >= 0.6 is 0 Å². The molecule has 0 aromatic heterocycles. The summed E-state index contributed by atoms with van der Waals surface area (Å²) >= 11 is 0. The maximum Gasteiger partial charge on any atom is 0.407 e. The summed E-state index contributed by atoms with van der Waals surface area (Å²) in [5.74, 6) is 0.0629. The third-order valence-corrected chi connectivity index (χ3v) is 3.37. The second kappa shape index (κ2) is 7.64. The Labute approximate surface area is 123 Å². The van der Waals surface area contributed by atoms with Crippen molar-refractivity contribution in [1.82, 2.24) is 10.2 Å². The molecule has 1 aromatic rings. The van der Waals surface area contributed by atoms with Crippen molar-refractivity contribution in [3.63, 3.8) is 0 Å². The Kier molecular flexibility index (Phi) is 5.57. The number of aliphatic hydroxyl groups is 1. The highest BCUT2D eigenvalue weighted by Gasteiger charge is 2.24. The van der Waals surface area contributed by atoms with Crippen molar-refractivity contribution >= 4 is 12.0 Å². The second-order valence-corrected chi connectivity index (χ2v) is 5.03. The van der Waals surface area contributed by atoms with Gasteiger partial charge in [0.15, 0.2) is 0 Å². The van der Waals surface area contributed by atoms with Gasteiger partial charge in [-0.25, -0.2) is 4.79 Å². The first kappa shape index (κ1) is 15.3. The van der Waals surface area contributed by atoms with Crippen LogP contribution in [0.2, 0.25) is 0 Å². The minimum atomic E-state index is -0.593. The first-order valence-electron chi connectivity index (χ1n) is 7.05. The number of aliphatic hydroxyl groups excluding tert-OH is 1. The van der Waals surface area contributed by atoms with Gasteiger partial charge in [0.1, 0.15) is 6.61 Å². The molecule has 2 amide bonds. The number of nitrogens with one attached hydrogen (secondary N) is 1. The van der Waals surface area contributed by atoms with Crippen molar-refractivity contribution in [3.8, 4) is 0 Å². The normalized spacial score (nSPS) is 15.9. The Morgan fingerprint density at radius 3 is 2.76 bits per heavy atom. The highest BCUT2D eigenvalue weighted by atomic mass is 16.5. The van der Waals surface area contributed by atoms with Gasteiger partial charge in [0.25, 0.3) is 0 Å². The summed E-state index contributed by atoms with van der Waals surface area (Å²) in [6, 6.07) is 8.84. The molecular weight excluding hydrogens is 272 g/mol. The molecule has 1 aliphatic heterocycles. The number of ether oxygens (including phenoxy) is 1. The van der Waals surface area contributed by atoms with Gasteiger partial charge in [-0.15, -0.1) is 0 Å². The number of likely N-dealkylation sites (tertiary alicyclic amines) is 1. The average molecular weight is 292 g/mol. The summed E-state index contributed by atoms with van der Waals surface area (Å²) in [7, 11) is 0. The number of benzene rings is 1. The van der Waals surface area contributed by atoms with E-state index in [1.54, 1.807) is 4.90 Å². The van der Waals surface area contributed by atoms with Crippen LogP contribution in [0.3, 0.4) is 0 Å². The highest BCUT2D eigenvalue weighted by molar-refractivity contribution is 5.78. The van der Waals surface area contributed by atoms with Gasteiger partial charge < -0.3 is 20.1 Å². The fourth-order valence-corrected chi connectivity index (χ4v) is 2.24. The van der Waals surface area contributed by atoms with Gasteiger partial charge in [-0.1, -0.05) is 30.3 Å². The van der Waals surface area contributed by atoms with Gasteiger partial charge in [-0.3, -0.25) is 4.79 Å². The maximum atomic E-state index is 11.7. The summed E-state index contributed by atoms with van der Waals surface area (Å²) < 4.78 is 5.09. The third-order valence-electron chi connectivity index (χ3n) is 3.37. The van der Waals surface area contributed by atoms with Crippen molar-refractivity contribution in [3.05, 3.63) is 35.9 Å². The van der Waals surface area contributed by atoms with Crippen LogP contribution in [0.4, 0.5) is 4.79 Å². The monoisotopic (exact) mass is 292 g/mol. The van der Waals surface area contributed by atoms with Crippen LogP contribution in [0.25, 0.3) is 0 Å². The SMILES string of the molecule is O=C(NC(CO)CN1CCCC1=O)OCc1ccccc1. The number of carbonyl (C=O) groups excluding carboxylic acids is 2. The zero-order chi connectivity index (χ0) is 15.1. The van der Waals surface area contributed by atoms with Crippen molar-refractivity contribution in [2.75, 3.05) is 19.7 Å². The van der Waals surface area contributed by atoms with E-state index in [-0.39, 0.29) is 19.1 Å². The fourth-order valence-electron chi connectivity index (χ4n) is 2.24. The molecule has 1 aliphatic rings. The molecule has 1 heterocycles. The van der Waals surface area contributed by atoms with E-state index in [0.717, 1.165) is 12.0 Å². The Bertz CT molecular complexity index is 478. The van der Waals surface area contributed by atoms with Gasteiger partial charge in [-0.05, 0) is 12.0 Å². The van der Waals surface area contributed by atoms with E-state index in [2.05, 4.69) is 5.32 Å². The molecule has 1 atom stereocenters. The van der Waals surface area contributed by atoms with Gasteiger partial charge in [0.2, 0.25) is 5.91 Å². The van der Waals surface area contributed by atoms with Crippen LogP contribution < -0.4 is 5.32 Å². The molecular formula is C15H20N2O4. The van der Waals surface area contributed by atoms with E-state index in [1.165, 1.54) is 0 Å². The molecule has 2 rings (SSSR count). The number of carbonyl (C=O) groups is 2. The molecule has 0 radical (unpaired) electrons. The number of rotatable bonds is 6. The summed E-state index contributed by atoms with van der Waals surface area (Å²) in [4.78, 5) is 24.9. The van der Waals surface area contributed by atoms with Crippen molar-refractivity contribution in [1.29, 1.82) is 0 Å². The third kappa shape index (κ3) is 4.75. The standard InChI is InChI=1S/C15H20N2O4/c18-10-13(9-17-8-4-7-14(17)19)16-15(20)21-11-12-5-2-1-3-6-12/h1-3,5-6,13,18H,4,7-11H2,(H,16,20). The summed E-state index contributed by atoms with van der Waals surface area (Å²) in [5, 5.41) is 11.9. The van der Waals surface area contributed by atoms with Crippen molar-refractivity contribution in [2.24, 2.45) is 0 Å². The lowest BCUT2D eigenvalue weighted by Gasteiger charge is -2.22. The van der Waals surface area contributed by atoms with Crippen LogP contribution in [0.5, 0.6) is 0 Å². The predicted molar refractivity (Wildman–Crippen MR) is 76.5 cm³/mol. The van der Waals surface area contributed by atoms with Crippen LogP contribution in [0, 0.1) is 0 Å². The number of nitrogens with zero attached hydrogens (tertiary/aromatic N) is 1. The largest absolute Gasteiger partial charge is 0.445 e.